The lowest BCUT2D eigenvalue weighted by atomic mass is 10.3. The first-order valence-corrected chi connectivity index (χ1v) is 4.45. The van der Waals surface area contributed by atoms with Crippen LogP contribution >= 0.6 is 27.3 Å². The van der Waals surface area contributed by atoms with E-state index in [1.165, 1.54) is 16.9 Å². The summed E-state index contributed by atoms with van der Waals surface area (Å²) in [7, 11) is 0. The summed E-state index contributed by atoms with van der Waals surface area (Å²) < 4.78 is 0. The molecule has 1 aromatic rings. The molecule has 0 aliphatic carbocycles. The summed E-state index contributed by atoms with van der Waals surface area (Å²) in [6.45, 7) is 0. The van der Waals surface area contributed by atoms with Gasteiger partial charge >= 0.3 is 0 Å². The third-order valence-corrected chi connectivity index (χ3v) is 2.50. The van der Waals surface area contributed by atoms with Gasteiger partial charge in [-0.3, -0.25) is 4.79 Å². The first kappa shape index (κ1) is 6.96. The van der Waals surface area contributed by atoms with Crippen molar-refractivity contribution in [3.8, 4) is 0 Å². The minimum absolute atomic E-state index is 0.796. The molecule has 0 unspecified atom stereocenters. The van der Waals surface area contributed by atoms with E-state index >= 15 is 0 Å². The monoisotopic (exact) mass is 204 g/mol. The van der Waals surface area contributed by atoms with Gasteiger partial charge in [-0.2, -0.15) is 0 Å². The van der Waals surface area contributed by atoms with Gasteiger partial charge < -0.3 is 0 Å². The summed E-state index contributed by atoms with van der Waals surface area (Å²) in [5.41, 5.74) is 1.17. The highest BCUT2D eigenvalue weighted by molar-refractivity contribution is 9.08. The Morgan fingerprint density at radius 3 is 2.89 bits per heavy atom. The van der Waals surface area contributed by atoms with E-state index in [0.717, 1.165) is 16.5 Å². The van der Waals surface area contributed by atoms with Crippen molar-refractivity contribution in [3.05, 3.63) is 21.9 Å². The van der Waals surface area contributed by atoms with E-state index in [1.807, 2.05) is 11.4 Å². The van der Waals surface area contributed by atoms with Gasteiger partial charge in [-0.05, 0) is 17.0 Å². The Balaban J connectivity index is 2.86. The minimum atomic E-state index is 0.796. The van der Waals surface area contributed by atoms with Crippen LogP contribution in [-0.4, -0.2) is 6.29 Å². The van der Waals surface area contributed by atoms with E-state index in [1.54, 1.807) is 0 Å². The SMILES string of the molecule is O=Cc1cc(CBr)cs1. The fourth-order valence-electron chi connectivity index (χ4n) is 0.526. The van der Waals surface area contributed by atoms with Crippen molar-refractivity contribution >= 4 is 33.6 Å². The van der Waals surface area contributed by atoms with Crippen LogP contribution in [0, 0.1) is 0 Å². The molecule has 0 spiro atoms. The van der Waals surface area contributed by atoms with E-state index in [2.05, 4.69) is 15.9 Å². The molecule has 1 rings (SSSR count). The van der Waals surface area contributed by atoms with Gasteiger partial charge in [0, 0.05) is 5.33 Å². The number of hydrogen-bond donors (Lipinski definition) is 0. The fraction of sp³-hybridized carbons (Fsp3) is 0.167. The van der Waals surface area contributed by atoms with Gasteiger partial charge in [-0.25, -0.2) is 0 Å². The predicted molar refractivity (Wildman–Crippen MR) is 42.3 cm³/mol. The smallest absolute Gasteiger partial charge is 0.160 e. The van der Waals surface area contributed by atoms with Gasteiger partial charge in [-0.15, -0.1) is 11.3 Å². The number of rotatable bonds is 2. The average molecular weight is 205 g/mol. The summed E-state index contributed by atoms with van der Waals surface area (Å²) in [6.07, 6.45) is 0.872. The van der Waals surface area contributed by atoms with Gasteiger partial charge in [0.05, 0.1) is 4.88 Å². The first-order chi connectivity index (χ1) is 4.36. The van der Waals surface area contributed by atoms with Gasteiger partial charge in [0.2, 0.25) is 0 Å². The van der Waals surface area contributed by atoms with E-state index in [0.29, 0.717) is 0 Å². The molecule has 1 aromatic heterocycles. The highest BCUT2D eigenvalue weighted by Gasteiger charge is 1.94. The zero-order valence-corrected chi connectivity index (χ0v) is 7.04. The minimum Gasteiger partial charge on any atom is -0.297 e. The molecule has 1 heterocycles. The molecule has 3 heteroatoms. The van der Waals surface area contributed by atoms with E-state index in [-0.39, 0.29) is 0 Å². The summed E-state index contributed by atoms with van der Waals surface area (Å²) in [6, 6.07) is 1.88. The molecule has 48 valence electrons. The molecule has 0 saturated heterocycles. The Kier molecular flexibility index (Phi) is 2.42. The predicted octanol–water partition coefficient (Wildman–Crippen LogP) is 2.46. The standard InChI is InChI=1S/C6H5BrOS/c7-2-5-1-6(3-8)9-4-5/h1,3-4H,2H2. The number of halogens is 1. The van der Waals surface area contributed by atoms with Gasteiger partial charge in [0.1, 0.15) is 0 Å². The summed E-state index contributed by atoms with van der Waals surface area (Å²) in [4.78, 5) is 10.9. The Morgan fingerprint density at radius 1 is 1.78 bits per heavy atom. The summed E-state index contributed by atoms with van der Waals surface area (Å²) in [5, 5.41) is 2.80. The maximum absolute atomic E-state index is 10.1. The highest BCUT2D eigenvalue weighted by atomic mass is 79.9. The van der Waals surface area contributed by atoms with Crippen molar-refractivity contribution in [2.24, 2.45) is 0 Å². The Hall–Kier alpha value is -0.150. The topological polar surface area (TPSA) is 17.1 Å². The molecular weight excluding hydrogens is 200 g/mol. The highest BCUT2D eigenvalue weighted by Crippen LogP contribution is 2.14. The van der Waals surface area contributed by atoms with Crippen molar-refractivity contribution < 1.29 is 4.79 Å². The maximum atomic E-state index is 10.1. The second-order valence-electron chi connectivity index (χ2n) is 1.61. The second-order valence-corrected chi connectivity index (χ2v) is 3.11. The molecule has 0 aliphatic rings. The average Bonchev–Trinajstić information content (AvgIpc) is 2.34. The van der Waals surface area contributed by atoms with E-state index in [9.17, 15) is 4.79 Å². The number of aldehydes is 1. The molecule has 9 heavy (non-hydrogen) atoms. The zero-order chi connectivity index (χ0) is 6.69. The fourth-order valence-corrected chi connectivity index (χ4v) is 1.78. The third-order valence-electron chi connectivity index (χ3n) is 0.944. The van der Waals surface area contributed by atoms with Crippen molar-refractivity contribution in [2.75, 3.05) is 0 Å². The largest absolute Gasteiger partial charge is 0.297 e. The van der Waals surface area contributed by atoms with Crippen molar-refractivity contribution in [2.45, 2.75) is 5.33 Å². The van der Waals surface area contributed by atoms with Crippen LogP contribution < -0.4 is 0 Å². The van der Waals surface area contributed by atoms with Gasteiger partial charge in [-0.1, -0.05) is 15.9 Å². The van der Waals surface area contributed by atoms with Crippen molar-refractivity contribution in [1.29, 1.82) is 0 Å². The molecule has 0 aliphatic heterocycles. The molecule has 1 nitrogen and oxygen atoms in total. The third kappa shape index (κ3) is 1.63. The number of alkyl halides is 1. The van der Waals surface area contributed by atoms with Crippen LogP contribution in [0.5, 0.6) is 0 Å². The van der Waals surface area contributed by atoms with Crippen LogP contribution in [0.2, 0.25) is 0 Å². The molecule has 0 saturated carbocycles. The quantitative estimate of drug-likeness (QED) is 0.535. The van der Waals surface area contributed by atoms with Crippen LogP contribution in [0.4, 0.5) is 0 Å². The first-order valence-electron chi connectivity index (χ1n) is 2.45. The van der Waals surface area contributed by atoms with Crippen LogP contribution in [0.25, 0.3) is 0 Å². The number of hydrogen-bond acceptors (Lipinski definition) is 2. The molecule has 0 atom stereocenters. The molecular formula is C6H5BrOS. The van der Waals surface area contributed by atoms with Gasteiger partial charge in [0.15, 0.2) is 6.29 Å². The Morgan fingerprint density at radius 2 is 2.56 bits per heavy atom. The zero-order valence-electron chi connectivity index (χ0n) is 4.63. The Labute approximate surface area is 65.8 Å². The summed E-state index contributed by atoms with van der Waals surface area (Å²) in [5.74, 6) is 0. The summed E-state index contributed by atoms with van der Waals surface area (Å²) >= 11 is 4.77. The normalized spacial score (nSPS) is 9.44. The lowest BCUT2D eigenvalue weighted by Crippen LogP contribution is -1.68. The molecule has 0 radical (unpaired) electrons. The van der Waals surface area contributed by atoms with E-state index in [4.69, 9.17) is 0 Å². The van der Waals surface area contributed by atoms with E-state index < -0.39 is 0 Å². The maximum Gasteiger partial charge on any atom is 0.160 e. The van der Waals surface area contributed by atoms with Crippen LogP contribution in [-0.2, 0) is 5.33 Å². The van der Waals surface area contributed by atoms with Gasteiger partial charge in [0.25, 0.3) is 0 Å². The molecule has 0 fully saturated rings. The van der Waals surface area contributed by atoms with Crippen molar-refractivity contribution in [3.63, 3.8) is 0 Å². The van der Waals surface area contributed by atoms with Crippen LogP contribution in [0.1, 0.15) is 15.2 Å². The van der Waals surface area contributed by atoms with Crippen LogP contribution in [0.3, 0.4) is 0 Å². The van der Waals surface area contributed by atoms with Crippen molar-refractivity contribution in [1.82, 2.24) is 0 Å². The second kappa shape index (κ2) is 3.13. The molecule has 0 aromatic carbocycles. The molecule has 0 amide bonds. The Bertz CT molecular complexity index is 207. The number of carbonyl (C=O) groups excluding carboxylic acids is 1. The number of thiophene rings is 1. The van der Waals surface area contributed by atoms with Crippen LogP contribution in [0.15, 0.2) is 11.4 Å². The lowest BCUT2D eigenvalue weighted by Gasteiger charge is -1.78. The number of carbonyl (C=O) groups is 1. The molecule has 0 bridgehead atoms. The molecule has 0 N–H and O–H groups in total. The lowest BCUT2D eigenvalue weighted by molar-refractivity contribution is 0.112.